The molecule has 0 saturated heterocycles. The summed E-state index contributed by atoms with van der Waals surface area (Å²) in [6.45, 7) is 12.6. The van der Waals surface area contributed by atoms with Gasteiger partial charge in [0.25, 0.3) is 0 Å². The maximum atomic E-state index is 2.43. The van der Waals surface area contributed by atoms with Crippen LogP contribution in [-0.2, 0) is 0 Å². The summed E-state index contributed by atoms with van der Waals surface area (Å²) in [7, 11) is 0. The quantitative estimate of drug-likeness (QED) is 0.819. The van der Waals surface area contributed by atoms with E-state index in [0.29, 0.717) is 11.0 Å². The molecule has 2 N–H and O–H groups in total. The first-order chi connectivity index (χ1) is 8.29. The Hall–Kier alpha value is -1.08. The molecule has 18 heavy (non-hydrogen) atoms. The van der Waals surface area contributed by atoms with Crippen LogP contribution in [0.2, 0.25) is 0 Å². The Morgan fingerprint density at radius 3 is 2.17 bits per heavy atom. The van der Waals surface area contributed by atoms with E-state index in [1.807, 2.05) is 0 Å². The molecule has 1 heteroatoms. The number of quaternary nitrogens is 1. The third kappa shape index (κ3) is 6.61. The Bertz CT molecular complexity index is 368. The molecule has 0 spiro atoms. The normalized spacial score (nSPS) is 13.2. The van der Waals surface area contributed by atoms with Gasteiger partial charge < -0.3 is 5.32 Å². The van der Waals surface area contributed by atoms with Crippen molar-refractivity contribution in [2.24, 2.45) is 5.41 Å². The zero-order chi connectivity index (χ0) is 13.6. The molecule has 1 aromatic carbocycles. The predicted octanol–water partition coefficient (Wildman–Crippen LogP) is 3.48. The van der Waals surface area contributed by atoms with Gasteiger partial charge in [-0.05, 0) is 30.9 Å². The van der Waals surface area contributed by atoms with Crippen molar-refractivity contribution < 1.29 is 5.32 Å². The lowest BCUT2D eigenvalue weighted by Gasteiger charge is -2.30. The number of hydrogen-bond donors (Lipinski definition) is 1. The van der Waals surface area contributed by atoms with Crippen LogP contribution in [0.15, 0.2) is 36.4 Å². The summed E-state index contributed by atoms with van der Waals surface area (Å²) in [6.07, 6.45) is 5.67. The molecule has 0 heterocycles. The molecule has 0 radical (unpaired) electrons. The maximum Gasteiger partial charge on any atom is 0.0949 e. The molecule has 0 saturated carbocycles. The van der Waals surface area contributed by atoms with E-state index < -0.39 is 0 Å². The van der Waals surface area contributed by atoms with Crippen LogP contribution in [0.1, 0.15) is 46.6 Å². The van der Waals surface area contributed by atoms with E-state index in [1.165, 1.54) is 12.0 Å². The average molecular weight is 246 g/mol. The summed E-state index contributed by atoms with van der Waals surface area (Å²) < 4.78 is 0. The molecular weight excluding hydrogens is 218 g/mol. The first kappa shape index (κ1) is 15.0. The van der Waals surface area contributed by atoms with Crippen molar-refractivity contribution in [3.05, 3.63) is 42.0 Å². The van der Waals surface area contributed by atoms with Gasteiger partial charge in [-0.2, -0.15) is 0 Å². The Kier molecular flexibility index (Phi) is 5.15. The number of hydrogen-bond acceptors (Lipinski definition) is 0. The van der Waals surface area contributed by atoms with Gasteiger partial charge in [0.1, 0.15) is 0 Å². The molecular formula is C17H28N+. The van der Waals surface area contributed by atoms with Crippen molar-refractivity contribution in [2.75, 3.05) is 6.54 Å². The monoisotopic (exact) mass is 246 g/mol. The third-order valence-electron chi connectivity index (χ3n) is 2.90. The van der Waals surface area contributed by atoms with Crippen molar-refractivity contribution in [1.82, 2.24) is 0 Å². The minimum absolute atomic E-state index is 0.305. The lowest BCUT2D eigenvalue weighted by atomic mass is 9.82. The lowest BCUT2D eigenvalue weighted by molar-refractivity contribution is -0.715. The third-order valence-corrected chi connectivity index (χ3v) is 2.90. The minimum Gasteiger partial charge on any atom is -0.339 e. The molecule has 1 rings (SSSR count). The van der Waals surface area contributed by atoms with Gasteiger partial charge in [-0.1, -0.05) is 57.2 Å². The summed E-state index contributed by atoms with van der Waals surface area (Å²) in [5.74, 6) is 0. The van der Waals surface area contributed by atoms with Gasteiger partial charge in [0.15, 0.2) is 0 Å². The molecule has 0 atom stereocenters. The number of benzene rings is 1. The van der Waals surface area contributed by atoms with Crippen LogP contribution in [0.5, 0.6) is 0 Å². The molecule has 0 unspecified atom stereocenters. The van der Waals surface area contributed by atoms with Crippen LogP contribution in [0.25, 0.3) is 6.08 Å². The molecule has 1 aromatic rings. The lowest BCUT2D eigenvalue weighted by Crippen LogP contribution is -2.95. The van der Waals surface area contributed by atoms with Crippen LogP contribution in [0, 0.1) is 5.41 Å². The summed E-state index contributed by atoms with van der Waals surface area (Å²) in [5.41, 5.74) is 1.97. The van der Waals surface area contributed by atoms with Crippen LogP contribution in [-0.4, -0.2) is 12.1 Å². The van der Waals surface area contributed by atoms with Crippen molar-refractivity contribution in [2.45, 2.75) is 46.6 Å². The first-order valence-electron chi connectivity index (χ1n) is 6.84. The number of nitrogens with two attached hydrogens (primary N) is 1. The van der Waals surface area contributed by atoms with Crippen molar-refractivity contribution >= 4 is 6.08 Å². The second kappa shape index (κ2) is 6.19. The first-order valence-corrected chi connectivity index (χ1v) is 6.84. The van der Waals surface area contributed by atoms with Crippen LogP contribution < -0.4 is 5.32 Å². The summed E-state index contributed by atoms with van der Waals surface area (Å²) in [5, 5.41) is 2.43. The molecule has 0 fully saturated rings. The van der Waals surface area contributed by atoms with Crippen LogP contribution in [0.3, 0.4) is 0 Å². The zero-order valence-corrected chi connectivity index (χ0v) is 12.5. The van der Waals surface area contributed by atoms with Gasteiger partial charge in [-0.15, -0.1) is 0 Å². The van der Waals surface area contributed by atoms with Gasteiger partial charge in [0.05, 0.1) is 12.1 Å². The predicted molar refractivity (Wildman–Crippen MR) is 80.4 cm³/mol. The molecule has 0 amide bonds. The molecule has 0 aliphatic carbocycles. The Morgan fingerprint density at radius 1 is 1.00 bits per heavy atom. The minimum atomic E-state index is 0.305. The van der Waals surface area contributed by atoms with E-state index in [2.05, 4.69) is 82.4 Å². The van der Waals surface area contributed by atoms with Crippen molar-refractivity contribution in [3.63, 3.8) is 0 Å². The molecule has 0 bridgehead atoms. The van der Waals surface area contributed by atoms with Crippen LogP contribution >= 0.6 is 0 Å². The fraction of sp³-hybridized carbons (Fsp3) is 0.529. The van der Waals surface area contributed by atoms with E-state index >= 15 is 0 Å². The molecule has 0 aliphatic heterocycles. The van der Waals surface area contributed by atoms with Gasteiger partial charge in [0, 0.05) is 6.42 Å². The maximum absolute atomic E-state index is 2.43. The largest absolute Gasteiger partial charge is 0.339 e. The highest BCUT2D eigenvalue weighted by Gasteiger charge is 2.27. The van der Waals surface area contributed by atoms with E-state index in [0.717, 1.165) is 6.54 Å². The highest BCUT2D eigenvalue weighted by Crippen LogP contribution is 2.24. The summed E-state index contributed by atoms with van der Waals surface area (Å²) in [6, 6.07) is 10.5. The smallest absolute Gasteiger partial charge is 0.0949 e. The fourth-order valence-corrected chi connectivity index (χ4v) is 2.59. The van der Waals surface area contributed by atoms with Crippen molar-refractivity contribution in [1.29, 1.82) is 0 Å². The molecule has 0 aromatic heterocycles. The van der Waals surface area contributed by atoms with E-state index in [9.17, 15) is 0 Å². The SMILES string of the molecule is CC(C)(C)CC(C)(C)[NH2+]C/C=C/c1ccccc1. The molecule has 0 aliphatic rings. The van der Waals surface area contributed by atoms with Gasteiger partial charge >= 0.3 is 0 Å². The Morgan fingerprint density at radius 2 is 1.61 bits per heavy atom. The Balaban J connectivity index is 2.39. The zero-order valence-electron chi connectivity index (χ0n) is 12.5. The second-order valence-electron chi connectivity index (χ2n) is 6.98. The van der Waals surface area contributed by atoms with Crippen molar-refractivity contribution in [3.8, 4) is 0 Å². The summed E-state index contributed by atoms with van der Waals surface area (Å²) in [4.78, 5) is 0. The molecule has 100 valence electrons. The highest BCUT2D eigenvalue weighted by atomic mass is 14.9. The second-order valence-corrected chi connectivity index (χ2v) is 6.98. The van der Waals surface area contributed by atoms with Gasteiger partial charge in [0.2, 0.25) is 0 Å². The van der Waals surface area contributed by atoms with Gasteiger partial charge in [-0.3, -0.25) is 0 Å². The Labute approximate surface area is 112 Å². The number of rotatable bonds is 5. The standard InChI is InChI=1S/C17H27N/c1-16(2,3)14-17(4,5)18-13-9-12-15-10-7-6-8-11-15/h6-12,18H,13-14H2,1-5H3/p+1/b12-9+. The van der Waals surface area contributed by atoms with Crippen LogP contribution in [0.4, 0.5) is 0 Å². The average Bonchev–Trinajstić information content (AvgIpc) is 2.23. The molecule has 1 nitrogen and oxygen atoms in total. The fourth-order valence-electron chi connectivity index (χ4n) is 2.59. The topological polar surface area (TPSA) is 16.6 Å². The van der Waals surface area contributed by atoms with E-state index in [-0.39, 0.29) is 0 Å². The van der Waals surface area contributed by atoms with E-state index in [1.54, 1.807) is 0 Å². The summed E-state index contributed by atoms with van der Waals surface area (Å²) >= 11 is 0. The van der Waals surface area contributed by atoms with Gasteiger partial charge in [-0.25, -0.2) is 0 Å². The highest BCUT2D eigenvalue weighted by molar-refractivity contribution is 5.48. The van der Waals surface area contributed by atoms with E-state index in [4.69, 9.17) is 0 Å².